The van der Waals surface area contributed by atoms with Gasteiger partial charge >= 0.3 is 11.9 Å². The van der Waals surface area contributed by atoms with Crippen LogP contribution >= 0.6 is 0 Å². The third-order valence-corrected chi connectivity index (χ3v) is 23.3. The van der Waals surface area contributed by atoms with Crippen molar-refractivity contribution in [2.45, 2.75) is 236 Å². The molecule has 0 aromatic carbocycles. The Labute approximate surface area is 594 Å². The number of aliphatic hydroxyl groups excluding tert-OH is 2. The molecule has 8 rings (SSSR count). The Morgan fingerprint density at radius 2 is 0.972 bits per heavy atom. The van der Waals surface area contributed by atoms with Gasteiger partial charge in [-0.2, -0.15) is 48.3 Å². The van der Waals surface area contributed by atoms with Gasteiger partial charge in [-0.3, -0.25) is 9.59 Å². The second-order valence-electron chi connectivity index (χ2n) is 26.2. The maximum Gasteiger partial charge on any atom is 0.306 e. The summed E-state index contributed by atoms with van der Waals surface area (Å²) >= 11 is 0. The Hall–Kier alpha value is 5.48. The number of ether oxygens (including phenoxy) is 2. The van der Waals surface area contributed by atoms with Gasteiger partial charge in [0.05, 0.1) is 18.8 Å². The average molecular weight is 1450 g/mol. The molecule has 0 amide bonds. The molecule has 0 spiro atoms. The van der Waals surface area contributed by atoms with Crippen LogP contribution in [0.2, 0.25) is 0 Å². The predicted octanol–water partition coefficient (Wildman–Crippen LogP) is 14.2. The van der Waals surface area contributed by atoms with Crippen LogP contribution in [-0.4, -0.2) is 47.1 Å². The normalized spacial score (nSPS) is 42.3. The minimum atomic E-state index is -0.0946. The first-order valence-corrected chi connectivity index (χ1v) is 28.2. The van der Waals surface area contributed by atoms with E-state index in [2.05, 4.69) is 109 Å². The van der Waals surface area contributed by atoms with Gasteiger partial charge in [-0.25, -0.2) is 0 Å². The molecule has 8 aliphatic carbocycles. The summed E-state index contributed by atoms with van der Waals surface area (Å²) in [4.78, 5) is 24.7. The Kier molecular flexibility index (Phi) is 33.1. The van der Waals surface area contributed by atoms with Gasteiger partial charge in [0.2, 0.25) is 0 Å². The topological polar surface area (TPSA) is 93.1 Å². The molecule has 398 valence electrons. The Morgan fingerprint density at radius 1 is 0.569 bits per heavy atom. The molecule has 6 nitrogen and oxygen atoms in total. The number of hydrogen-bond donors (Lipinski definition) is 2. The van der Waals surface area contributed by atoms with Gasteiger partial charge in [-0.15, -0.1) is 0 Å². The van der Waals surface area contributed by atoms with Gasteiger partial charge in [-0.05, 0) is 92.8 Å². The van der Waals surface area contributed by atoms with Crippen LogP contribution in [0, 0.1) is 123 Å². The van der Waals surface area contributed by atoms with Crippen molar-refractivity contribution in [3.63, 3.8) is 0 Å². The number of carbonyl (C=O) groups excluding carboxylic acids is 2. The molecule has 5 unspecified atom stereocenters. The third kappa shape index (κ3) is 15.1. The summed E-state index contributed by atoms with van der Waals surface area (Å²) in [6, 6.07) is 0. The molecule has 8 saturated carbocycles. The van der Waals surface area contributed by atoms with Crippen LogP contribution in [0.3, 0.4) is 0 Å². The van der Waals surface area contributed by atoms with Gasteiger partial charge < -0.3 is 45.4 Å². The molecule has 0 aliphatic heterocycles. The zero-order valence-electron chi connectivity index (χ0n) is 47.9. The van der Waals surface area contributed by atoms with Crippen LogP contribution in [-0.2, 0) is 215 Å². The quantitative estimate of drug-likeness (QED) is 0.133. The first-order chi connectivity index (χ1) is 31.1. The van der Waals surface area contributed by atoms with Crippen LogP contribution in [0.1, 0.15) is 218 Å². The summed E-state index contributed by atoms with van der Waals surface area (Å²) in [6.07, 6.45) is 32.9. The minimum absolute atomic E-state index is 0. The Balaban J connectivity index is 0.000000665. The van der Waals surface area contributed by atoms with Crippen LogP contribution < -0.4 is 0 Å². The number of fused-ring (bicyclic) bond motifs is 10. The molecular weight excluding hydrogens is 1350 g/mol. The maximum absolute atomic E-state index is 12.4. The molecule has 72 heavy (non-hydrogen) atoms. The first-order valence-electron chi connectivity index (χ1n) is 28.2. The van der Waals surface area contributed by atoms with Crippen molar-refractivity contribution in [1.82, 2.24) is 0 Å². The van der Waals surface area contributed by atoms with Gasteiger partial charge in [0, 0.05) is 209 Å². The van der Waals surface area contributed by atoms with Crippen molar-refractivity contribution in [2.75, 3.05) is 6.61 Å². The predicted molar refractivity (Wildman–Crippen MR) is 268 cm³/mol. The fourth-order valence-corrected chi connectivity index (χ4v) is 18.0. The van der Waals surface area contributed by atoms with Gasteiger partial charge in [-0.1, -0.05) is 162 Å². The monoisotopic (exact) mass is 1450 g/mol. The van der Waals surface area contributed by atoms with Crippen molar-refractivity contribution >= 4 is 11.9 Å². The number of aliphatic hydroxyl groups is 2. The van der Waals surface area contributed by atoms with E-state index < -0.39 is 0 Å². The van der Waals surface area contributed by atoms with E-state index in [0.29, 0.717) is 94.4 Å². The fraction of sp³-hybridized carbons (Fsp3) is 0.900. The van der Waals surface area contributed by atoms with E-state index in [0.717, 1.165) is 69.6 Å². The smallest absolute Gasteiger partial charge is 0.306 e. The molecule has 0 heterocycles. The van der Waals surface area contributed by atoms with Gasteiger partial charge in [0.15, 0.2) is 0 Å². The second kappa shape index (κ2) is 31.6. The molecule has 0 aromatic heterocycles. The van der Waals surface area contributed by atoms with E-state index >= 15 is 0 Å². The van der Waals surface area contributed by atoms with E-state index in [4.69, 9.17) is 9.47 Å². The van der Waals surface area contributed by atoms with Crippen molar-refractivity contribution < 1.29 is 226 Å². The molecular formula is C60H100O6Y6-4. The van der Waals surface area contributed by atoms with Crippen molar-refractivity contribution in [3.05, 3.63) is 25.7 Å². The summed E-state index contributed by atoms with van der Waals surface area (Å²) in [5.74, 6) is 6.96. The molecule has 19 atom stereocenters. The largest absolute Gasteiger partial charge is 0.465 e. The second-order valence-corrected chi connectivity index (χ2v) is 26.2. The molecule has 6 radical (unpaired) electrons. The van der Waals surface area contributed by atoms with Crippen LogP contribution in [0.15, 0.2) is 0 Å². The summed E-state index contributed by atoms with van der Waals surface area (Å²) in [6.45, 7) is 29.2. The molecule has 0 saturated heterocycles. The molecule has 2 N–H and O–H groups in total. The number of carbonyl (C=O) groups is 2. The van der Waals surface area contributed by atoms with Crippen molar-refractivity contribution in [1.29, 1.82) is 0 Å². The molecule has 12 heteroatoms. The number of rotatable bonds is 14. The fourth-order valence-electron chi connectivity index (χ4n) is 18.0. The third-order valence-electron chi connectivity index (χ3n) is 23.3. The molecule has 0 aromatic rings. The van der Waals surface area contributed by atoms with E-state index in [1.165, 1.54) is 64.2 Å². The summed E-state index contributed by atoms with van der Waals surface area (Å²) in [7, 11) is 0. The van der Waals surface area contributed by atoms with Crippen LogP contribution in [0.4, 0.5) is 0 Å². The first kappa shape index (κ1) is 75.5. The average Bonchev–Trinajstić information content (AvgIpc) is 3.83. The zero-order chi connectivity index (χ0) is 48.0. The van der Waals surface area contributed by atoms with Crippen molar-refractivity contribution in [2.24, 2.45) is 97.6 Å². The van der Waals surface area contributed by atoms with E-state index in [1.54, 1.807) is 0 Å². The maximum atomic E-state index is 12.4. The van der Waals surface area contributed by atoms with Gasteiger partial charge in [0.25, 0.3) is 0 Å². The molecule has 8 fully saturated rings. The van der Waals surface area contributed by atoms with Crippen molar-refractivity contribution in [3.8, 4) is 0 Å². The molecule has 8 aliphatic rings. The summed E-state index contributed by atoms with van der Waals surface area (Å²) < 4.78 is 11.2. The van der Waals surface area contributed by atoms with Crippen LogP contribution in [0.25, 0.3) is 0 Å². The zero-order valence-corrected chi connectivity index (χ0v) is 65.0. The number of hydrogen-bond acceptors (Lipinski definition) is 6. The Bertz CT molecular complexity index is 1670. The van der Waals surface area contributed by atoms with Gasteiger partial charge in [0.1, 0.15) is 6.10 Å². The summed E-state index contributed by atoms with van der Waals surface area (Å²) in [5, 5.41) is 20.7. The minimum Gasteiger partial charge on any atom is -0.465 e. The summed E-state index contributed by atoms with van der Waals surface area (Å²) in [5.41, 5.74) is 1.86. The van der Waals surface area contributed by atoms with E-state index in [-0.39, 0.29) is 237 Å². The number of esters is 2. The van der Waals surface area contributed by atoms with E-state index in [1.807, 2.05) is 0 Å². The van der Waals surface area contributed by atoms with Crippen LogP contribution in [0.5, 0.6) is 0 Å². The molecule has 0 bridgehead atoms. The SMILES string of the molecule is CCC(C)COC(=O)CC[C@@H](C)[C@H]1CC[C@H]2C3[CH-]CC4C[C@H](O)CC[C@]4(C)[C@@]3(C)C[CH-][C@]12C.CCC(CC)OC(=O)CC[C@@H](C)[C@H]1CC[C@H]2C3[CH-]CC4C[C@H](O)CC[C@]4(C)[C@@]3(C)C[CH-][C@]12C.[Y].[Y].[Y].[Y].[Y].[Y]. The van der Waals surface area contributed by atoms with E-state index in [9.17, 15) is 19.8 Å². The Morgan fingerprint density at radius 3 is 1.36 bits per heavy atom. The standard InChI is InChI=1S/2C30H50O3.6Y/c1-7-20(2)19-33-27(32)13-8-21(3)24-11-12-25-26-10-9-22-18-23(31)14-15-29(22,5)30(26,6)17-16-28(24,25)4;1-7-23(8-2)33-27(32)14-9-20(3)24-12-13-25-26-11-10-21-19-22(31)15-16-29(21,5)30(26,6)18-17-28(24,25)4;;;;;;/h10,16,20-26,31H,7-9,11-15,17-19H2,1-6H3;11,17,20-26,31H,7-10,12-16,18-19H2,1-6H3;;;;;;/q2*-2;;;;;;/t20?,21-,22?,23-,24-,25+,26?,28-,29+,30+;20-,21?,22-,24-,25+,26?,28-,29+,30+;;;;;;/m11....../s1.